The van der Waals surface area contributed by atoms with Gasteiger partial charge in [0.25, 0.3) is 0 Å². The van der Waals surface area contributed by atoms with Crippen LogP contribution in [0, 0.1) is 5.92 Å². The normalized spacial score (nSPS) is 18.8. The maximum Gasteiger partial charge on any atom is 0.433 e. The first kappa shape index (κ1) is 29.3. The van der Waals surface area contributed by atoms with Gasteiger partial charge in [0.15, 0.2) is 11.5 Å². The molecule has 1 N–H and O–H groups in total. The lowest BCUT2D eigenvalue weighted by Gasteiger charge is -2.35. The number of furan rings is 1. The molecular formula is C27H34F3N5O5. The molecule has 0 aliphatic carbocycles. The van der Waals surface area contributed by atoms with Gasteiger partial charge in [0.2, 0.25) is 11.8 Å². The van der Waals surface area contributed by atoms with Gasteiger partial charge in [0.05, 0.1) is 30.1 Å². The van der Waals surface area contributed by atoms with Crippen molar-refractivity contribution < 1.29 is 36.7 Å². The fraction of sp³-hybridized carbons (Fsp3) is 0.593. The van der Waals surface area contributed by atoms with Crippen LogP contribution >= 0.6 is 0 Å². The van der Waals surface area contributed by atoms with Crippen molar-refractivity contribution in [3.8, 4) is 11.4 Å². The van der Waals surface area contributed by atoms with Gasteiger partial charge in [-0.3, -0.25) is 9.59 Å². The number of alkyl carbamates (subject to hydrolysis) is 1. The van der Waals surface area contributed by atoms with Crippen LogP contribution in [0.4, 0.5) is 18.0 Å². The molecule has 3 amide bonds. The van der Waals surface area contributed by atoms with E-state index in [2.05, 4.69) is 15.3 Å². The summed E-state index contributed by atoms with van der Waals surface area (Å²) in [6.45, 7) is 7.66. The lowest BCUT2D eigenvalue weighted by atomic mass is 9.98. The molecule has 218 valence electrons. The Balaban J connectivity index is 1.54. The number of halogens is 3. The van der Waals surface area contributed by atoms with Crippen molar-refractivity contribution in [2.75, 3.05) is 19.6 Å². The number of likely N-dealkylation sites (tertiary alicyclic amines) is 1. The maximum atomic E-state index is 13.9. The number of rotatable bonds is 6. The predicted molar refractivity (Wildman–Crippen MR) is 137 cm³/mol. The van der Waals surface area contributed by atoms with Crippen LogP contribution in [0.15, 0.2) is 23.0 Å². The number of hydrogen-bond donors (Lipinski definition) is 1. The van der Waals surface area contributed by atoms with Crippen LogP contribution in [-0.2, 0) is 33.5 Å². The minimum absolute atomic E-state index is 0.0299. The van der Waals surface area contributed by atoms with Gasteiger partial charge >= 0.3 is 12.3 Å². The summed E-state index contributed by atoms with van der Waals surface area (Å²) in [4.78, 5) is 49.7. The number of nitrogens with one attached hydrogen (secondary N) is 1. The van der Waals surface area contributed by atoms with E-state index >= 15 is 0 Å². The Morgan fingerprint density at radius 2 is 1.98 bits per heavy atom. The zero-order valence-corrected chi connectivity index (χ0v) is 23.0. The van der Waals surface area contributed by atoms with Crippen molar-refractivity contribution >= 4 is 17.9 Å². The number of fused-ring (bicyclic) bond motifs is 1. The summed E-state index contributed by atoms with van der Waals surface area (Å²) in [6, 6.07) is 0.708. The second kappa shape index (κ2) is 11.5. The Morgan fingerprint density at radius 1 is 1.23 bits per heavy atom. The highest BCUT2D eigenvalue weighted by atomic mass is 19.4. The first-order chi connectivity index (χ1) is 18.7. The Bertz CT molecular complexity index is 1240. The van der Waals surface area contributed by atoms with Crippen molar-refractivity contribution in [3.05, 3.63) is 35.5 Å². The molecule has 4 heterocycles. The molecule has 0 spiro atoms. The lowest BCUT2D eigenvalue weighted by molar-refractivity contribution is -0.142. The number of amides is 3. The topological polar surface area (TPSA) is 118 Å². The molecule has 2 aromatic rings. The standard InChI is InChI=1S/C27H34F3N5O5/c1-16-5-6-21(36)35(12-16)13-18(31-25(38)40-26(2,3)4)11-22(37)34-9-7-19-20(14-34)32-24(17-8-10-39-15-17)33-23(19)27(28,29)30/h8,10,15-16,18H,5-7,9,11-14H2,1-4H3,(H,31,38)/t16-,18+/m1/s1. The van der Waals surface area contributed by atoms with Gasteiger partial charge in [-0.15, -0.1) is 0 Å². The first-order valence-corrected chi connectivity index (χ1v) is 13.2. The smallest absolute Gasteiger partial charge is 0.433 e. The van der Waals surface area contributed by atoms with Crippen LogP contribution in [0.1, 0.15) is 63.9 Å². The van der Waals surface area contributed by atoms with Gasteiger partial charge in [-0.2, -0.15) is 13.2 Å². The zero-order valence-electron chi connectivity index (χ0n) is 23.0. The van der Waals surface area contributed by atoms with Crippen molar-refractivity contribution in [3.63, 3.8) is 0 Å². The molecule has 0 unspecified atom stereocenters. The number of hydrogen-bond acceptors (Lipinski definition) is 7. The van der Waals surface area contributed by atoms with E-state index in [1.807, 2.05) is 6.92 Å². The van der Waals surface area contributed by atoms with E-state index in [-0.39, 0.29) is 67.3 Å². The number of alkyl halides is 3. The summed E-state index contributed by atoms with van der Waals surface area (Å²) in [7, 11) is 0. The molecule has 10 nitrogen and oxygen atoms in total. The minimum atomic E-state index is -4.70. The number of nitrogens with zero attached hydrogens (tertiary/aromatic N) is 4. The molecule has 2 aromatic heterocycles. The molecule has 13 heteroatoms. The highest BCUT2D eigenvalue weighted by molar-refractivity contribution is 5.79. The van der Waals surface area contributed by atoms with Crippen LogP contribution in [0.2, 0.25) is 0 Å². The minimum Gasteiger partial charge on any atom is -0.472 e. The van der Waals surface area contributed by atoms with Gasteiger partial charge in [-0.1, -0.05) is 6.92 Å². The third-order valence-corrected chi connectivity index (χ3v) is 6.78. The molecule has 4 rings (SSSR count). The molecule has 2 atom stereocenters. The Kier molecular flexibility index (Phi) is 8.41. The van der Waals surface area contributed by atoms with Gasteiger partial charge in [-0.05, 0) is 45.6 Å². The molecular weight excluding hydrogens is 531 g/mol. The van der Waals surface area contributed by atoms with Gasteiger partial charge in [0, 0.05) is 38.0 Å². The van der Waals surface area contributed by atoms with Crippen molar-refractivity contribution in [1.82, 2.24) is 25.1 Å². The quantitative estimate of drug-likeness (QED) is 0.558. The fourth-order valence-electron chi connectivity index (χ4n) is 4.91. The van der Waals surface area contributed by atoms with E-state index in [1.54, 1.807) is 25.7 Å². The summed E-state index contributed by atoms with van der Waals surface area (Å²) in [5.74, 6) is -0.310. The third kappa shape index (κ3) is 7.30. The van der Waals surface area contributed by atoms with E-state index in [4.69, 9.17) is 9.15 Å². The van der Waals surface area contributed by atoms with Crippen molar-refractivity contribution in [2.24, 2.45) is 5.92 Å². The summed E-state index contributed by atoms with van der Waals surface area (Å²) >= 11 is 0. The van der Waals surface area contributed by atoms with Gasteiger partial charge in [0.1, 0.15) is 11.9 Å². The Morgan fingerprint density at radius 3 is 2.62 bits per heavy atom. The van der Waals surface area contributed by atoms with Crippen LogP contribution in [0.5, 0.6) is 0 Å². The fourth-order valence-corrected chi connectivity index (χ4v) is 4.91. The predicted octanol–water partition coefficient (Wildman–Crippen LogP) is 4.18. The second-order valence-corrected chi connectivity index (χ2v) is 11.4. The van der Waals surface area contributed by atoms with Gasteiger partial charge < -0.3 is 24.3 Å². The molecule has 0 bridgehead atoms. The van der Waals surface area contributed by atoms with Crippen LogP contribution in [-0.4, -0.2) is 69.0 Å². The average Bonchev–Trinajstić information content (AvgIpc) is 3.38. The zero-order chi connectivity index (χ0) is 29.2. The highest BCUT2D eigenvalue weighted by Gasteiger charge is 2.40. The Hall–Kier alpha value is -3.64. The Labute approximate surface area is 230 Å². The highest BCUT2D eigenvalue weighted by Crippen LogP contribution is 2.35. The second-order valence-electron chi connectivity index (χ2n) is 11.4. The van der Waals surface area contributed by atoms with Gasteiger partial charge in [-0.25, -0.2) is 14.8 Å². The summed E-state index contributed by atoms with van der Waals surface area (Å²) in [5, 5.41) is 2.71. The molecule has 40 heavy (non-hydrogen) atoms. The average molecular weight is 566 g/mol. The van der Waals surface area contributed by atoms with E-state index in [0.717, 1.165) is 6.42 Å². The van der Waals surface area contributed by atoms with Crippen LogP contribution in [0.3, 0.4) is 0 Å². The molecule has 2 aliphatic rings. The number of carbonyl (C=O) groups is 3. The summed E-state index contributed by atoms with van der Waals surface area (Å²) in [5.41, 5.74) is -1.44. The van der Waals surface area contributed by atoms with Crippen molar-refractivity contribution in [2.45, 2.75) is 77.7 Å². The van der Waals surface area contributed by atoms with Crippen LogP contribution in [0.25, 0.3) is 11.4 Å². The van der Waals surface area contributed by atoms with E-state index in [1.165, 1.54) is 23.5 Å². The number of aromatic nitrogens is 2. The number of piperidine rings is 1. The molecule has 1 saturated heterocycles. The number of ether oxygens (including phenoxy) is 1. The molecule has 1 fully saturated rings. The first-order valence-electron chi connectivity index (χ1n) is 13.2. The molecule has 0 radical (unpaired) electrons. The SMILES string of the molecule is C[C@@H]1CCC(=O)N(C[C@H](CC(=O)N2CCc3c(nc(-c4ccoc4)nc3C(F)(F)F)C2)NC(=O)OC(C)(C)C)C1. The van der Waals surface area contributed by atoms with E-state index in [0.29, 0.717) is 18.5 Å². The summed E-state index contributed by atoms with van der Waals surface area (Å²) in [6.07, 6.45) is -1.94. The molecule has 0 aromatic carbocycles. The third-order valence-electron chi connectivity index (χ3n) is 6.78. The lowest BCUT2D eigenvalue weighted by Crippen LogP contribution is -2.51. The number of carbonyl (C=O) groups excluding carboxylic acids is 3. The summed E-state index contributed by atoms with van der Waals surface area (Å²) < 4.78 is 51.9. The monoisotopic (exact) mass is 565 g/mol. The molecule has 2 aliphatic heterocycles. The maximum absolute atomic E-state index is 13.9. The largest absolute Gasteiger partial charge is 0.472 e. The van der Waals surface area contributed by atoms with Crippen molar-refractivity contribution in [1.29, 1.82) is 0 Å². The van der Waals surface area contributed by atoms with Crippen LogP contribution < -0.4 is 5.32 Å². The molecule has 0 saturated carbocycles. The van der Waals surface area contributed by atoms with E-state index in [9.17, 15) is 27.6 Å². The van der Waals surface area contributed by atoms with E-state index < -0.39 is 29.6 Å².